The molecule has 0 radical (unpaired) electrons. The summed E-state index contributed by atoms with van der Waals surface area (Å²) in [5, 5.41) is 0. The van der Waals surface area contributed by atoms with Crippen molar-refractivity contribution in [2.45, 2.75) is 37.5 Å². The van der Waals surface area contributed by atoms with E-state index in [1.54, 1.807) is 12.4 Å². The van der Waals surface area contributed by atoms with Crippen molar-refractivity contribution in [1.29, 1.82) is 0 Å². The van der Waals surface area contributed by atoms with E-state index in [9.17, 15) is 0 Å². The lowest BCUT2D eigenvalue weighted by Gasteiger charge is -2.36. The zero-order valence-corrected chi connectivity index (χ0v) is 26.8. The number of fused-ring (bicyclic) bond motifs is 5. The minimum absolute atomic E-state index is 0.174. The highest BCUT2D eigenvalue weighted by atomic mass is 14.7. The molecule has 7 aromatic rings. The maximum Gasteiger partial charge on any atom is 0.0731 e. The normalized spacial score (nSPS) is 14.4. The lowest BCUT2D eigenvalue weighted by Crippen LogP contribution is -2.27. The molecule has 0 aliphatic heterocycles. The third kappa shape index (κ3) is 4.86. The Balaban J connectivity index is 1.05. The highest BCUT2D eigenvalue weighted by Crippen LogP contribution is 2.57. The number of nitrogens with zero attached hydrogens (tertiary/aromatic N) is 3. The second kappa shape index (κ2) is 11.8. The van der Waals surface area contributed by atoms with Crippen molar-refractivity contribution in [1.82, 2.24) is 15.0 Å². The zero-order chi connectivity index (χ0) is 31.9. The molecule has 1 saturated carbocycles. The summed E-state index contributed by atoms with van der Waals surface area (Å²) in [7, 11) is 0. The Morgan fingerprint density at radius 3 is 1.69 bits per heavy atom. The molecule has 48 heavy (non-hydrogen) atoms. The zero-order valence-electron chi connectivity index (χ0n) is 26.8. The number of pyridine rings is 3. The van der Waals surface area contributed by atoms with E-state index in [0.717, 1.165) is 33.6 Å². The Morgan fingerprint density at radius 1 is 0.417 bits per heavy atom. The second-order valence-corrected chi connectivity index (χ2v) is 13.2. The van der Waals surface area contributed by atoms with Crippen LogP contribution < -0.4 is 0 Å². The van der Waals surface area contributed by atoms with Crippen LogP contribution in [0, 0.1) is 0 Å². The largest absolute Gasteiger partial charge is 0.264 e. The van der Waals surface area contributed by atoms with E-state index in [4.69, 9.17) is 4.98 Å². The monoisotopic (exact) mass is 617 g/mol. The highest BCUT2D eigenvalue weighted by molar-refractivity contribution is 5.93. The quantitative estimate of drug-likeness (QED) is 0.193. The van der Waals surface area contributed by atoms with Gasteiger partial charge >= 0.3 is 0 Å². The lowest BCUT2D eigenvalue weighted by atomic mass is 9.68. The second-order valence-electron chi connectivity index (χ2n) is 13.2. The number of aromatic nitrogens is 3. The van der Waals surface area contributed by atoms with Crippen LogP contribution >= 0.6 is 0 Å². The third-order valence-corrected chi connectivity index (χ3v) is 10.5. The van der Waals surface area contributed by atoms with Crippen LogP contribution in [0.15, 0.2) is 152 Å². The van der Waals surface area contributed by atoms with Gasteiger partial charge in [-0.05, 0) is 93.2 Å². The van der Waals surface area contributed by atoms with Crippen LogP contribution in [-0.2, 0) is 5.41 Å². The van der Waals surface area contributed by atoms with Crippen LogP contribution in [0.4, 0.5) is 0 Å². The molecule has 1 fully saturated rings. The standard InChI is InChI=1S/C45H35N3/c1-4-23-45(24-5-1)40-13-3-2-11-39(40)44-38(12-6-14-41(44)45)33-19-15-31(16-20-33)32-17-21-34(22-18-32)42-27-37(35-9-7-25-46-29-35)28-43(48-42)36-10-8-26-47-30-36/h2-3,6-22,25-30H,1,4-5,23-24H2. The third-order valence-electron chi connectivity index (χ3n) is 10.5. The first kappa shape index (κ1) is 28.5. The molecule has 2 aliphatic carbocycles. The fourth-order valence-electron chi connectivity index (χ4n) is 8.16. The minimum Gasteiger partial charge on any atom is -0.264 e. The SMILES string of the molecule is c1cncc(-c2cc(-c3ccc(-c4ccc(-c5cccc6c5-c5ccccc5C65CCCCC5)cc4)cc3)nc(-c3cccnc3)c2)c1. The fourth-order valence-corrected chi connectivity index (χ4v) is 8.16. The van der Waals surface area contributed by atoms with Gasteiger partial charge in [-0.25, -0.2) is 4.98 Å². The average Bonchev–Trinajstić information content (AvgIpc) is 3.44. The van der Waals surface area contributed by atoms with Gasteiger partial charge in [0.05, 0.1) is 11.4 Å². The maximum atomic E-state index is 5.06. The van der Waals surface area contributed by atoms with Gasteiger partial charge in [-0.15, -0.1) is 0 Å². The highest BCUT2D eigenvalue weighted by Gasteiger charge is 2.44. The Hall–Kier alpha value is -5.67. The van der Waals surface area contributed by atoms with E-state index in [1.807, 2.05) is 24.5 Å². The molecular weight excluding hydrogens is 583 g/mol. The van der Waals surface area contributed by atoms with Crippen LogP contribution in [0.1, 0.15) is 43.2 Å². The molecular formula is C45H35N3. The van der Waals surface area contributed by atoms with Gasteiger partial charge in [0.25, 0.3) is 0 Å². The molecule has 0 unspecified atom stereocenters. The van der Waals surface area contributed by atoms with E-state index in [-0.39, 0.29) is 5.41 Å². The van der Waals surface area contributed by atoms with E-state index in [0.29, 0.717) is 0 Å². The van der Waals surface area contributed by atoms with E-state index in [1.165, 1.54) is 76.6 Å². The van der Waals surface area contributed by atoms with Crippen molar-refractivity contribution in [3.8, 4) is 67.0 Å². The predicted octanol–water partition coefficient (Wildman–Crippen LogP) is 11.4. The van der Waals surface area contributed by atoms with Gasteiger partial charge in [-0.1, -0.05) is 116 Å². The smallest absolute Gasteiger partial charge is 0.0731 e. The first-order valence-corrected chi connectivity index (χ1v) is 17.0. The van der Waals surface area contributed by atoms with E-state index >= 15 is 0 Å². The summed E-state index contributed by atoms with van der Waals surface area (Å²) in [4.78, 5) is 13.7. The summed E-state index contributed by atoms with van der Waals surface area (Å²) in [5.41, 5.74) is 17.1. The summed E-state index contributed by atoms with van der Waals surface area (Å²) in [5.74, 6) is 0. The molecule has 3 nitrogen and oxygen atoms in total. The Labute approximate surface area is 282 Å². The fraction of sp³-hybridized carbons (Fsp3) is 0.133. The molecule has 3 aromatic heterocycles. The topological polar surface area (TPSA) is 38.7 Å². The van der Waals surface area contributed by atoms with Gasteiger partial charge in [0.2, 0.25) is 0 Å². The molecule has 1 spiro atoms. The molecule has 0 atom stereocenters. The number of hydrogen-bond acceptors (Lipinski definition) is 3. The van der Waals surface area contributed by atoms with Crippen molar-refractivity contribution >= 4 is 0 Å². The molecule has 9 rings (SSSR count). The molecule has 4 aromatic carbocycles. The Bertz CT molecular complexity index is 2170. The molecule has 0 amide bonds. The summed E-state index contributed by atoms with van der Waals surface area (Å²) >= 11 is 0. The van der Waals surface area contributed by atoms with Gasteiger partial charge in [-0.3, -0.25) is 9.97 Å². The molecule has 0 N–H and O–H groups in total. The van der Waals surface area contributed by atoms with Crippen molar-refractivity contribution < 1.29 is 0 Å². The van der Waals surface area contributed by atoms with E-state index in [2.05, 4.69) is 125 Å². The van der Waals surface area contributed by atoms with Crippen LogP contribution in [0.25, 0.3) is 67.0 Å². The van der Waals surface area contributed by atoms with Crippen molar-refractivity contribution in [2.75, 3.05) is 0 Å². The van der Waals surface area contributed by atoms with Crippen LogP contribution in [-0.4, -0.2) is 15.0 Å². The molecule has 0 saturated heterocycles. The summed E-state index contributed by atoms with van der Waals surface area (Å²) in [6.45, 7) is 0. The van der Waals surface area contributed by atoms with Gasteiger partial charge in [0, 0.05) is 46.9 Å². The molecule has 2 aliphatic rings. The van der Waals surface area contributed by atoms with Crippen molar-refractivity contribution in [3.63, 3.8) is 0 Å². The summed E-state index contributed by atoms with van der Waals surface area (Å²) in [6, 6.07) is 46.4. The maximum absolute atomic E-state index is 5.06. The molecule has 3 heteroatoms. The van der Waals surface area contributed by atoms with Gasteiger partial charge < -0.3 is 0 Å². The minimum atomic E-state index is 0.174. The predicted molar refractivity (Wildman–Crippen MR) is 196 cm³/mol. The number of benzene rings is 4. The number of hydrogen-bond donors (Lipinski definition) is 0. The first-order chi connectivity index (χ1) is 23.8. The Kier molecular flexibility index (Phi) is 7.04. The van der Waals surface area contributed by atoms with Gasteiger partial charge in [0.1, 0.15) is 0 Å². The van der Waals surface area contributed by atoms with Crippen LogP contribution in [0.5, 0.6) is 0 Å². The average molecular weight is 618 g/mol. The summed E-state index contributed by atoms with van der Waals surface area (Å²) in [6.07, 6.45) is 13.8. The van der Waals surface area contributed by atoms with Crippen molar-refractivity contribution in [2.24, 2.45) is 0 Å². The van der Waals surface area contributed by atoms with Crippen LogP contribution in [0.2, 0.25) is 0 Å². The number of rotatable bonds is 5. The Morgan fingerprint density at radius 2 is 1.00 bits per heavy atom. The van der Waals surface area contributed by atoms with E-state index < -0.39 is 0 Å². The summed E-state index contributed by atoms with van der Waals surface area (Å²) < 4.78 is 0. The molecule has 0 bridgehead atoms. The molecule has 230 valence electrons. The van der Waals surface area contributed by atoms with Gasteiger partial charge in [-0.2, -0.15) is 0 Å². The van der Waals surface area contributed by atoms with Gasteiger partial charge in [0.15, 0.2) is 0 Å². The lowest BCUT2D eigenvalue weighted by molar-refractivity contribution is 0.353. The molecule has 3 heterocycles. The van der Waals surface area contributed by atoms with Crippen LogP contribution in [0.3, 0.4) is 0 Å². The van der Waals surface area contributed by atoms with Crippen molar-refractivity contribution in [3.05, 3.63) is 163 Å². The first-order valence-electron chi connectivity index (χ1n) is 17.0.